The van der Waals surface area contributed by atoms with Gasteiger partial charge in [0.15, 0.2) is 0 Å². The molecule has 72 valence electrons. The highest BCUT2D eigenvalue weighted by atomic mass is 32.1. The SMILES string of the molecule is c1ccc2c(CNC3CC3)csc2c1. The van der Waals surface area contributed by atoms with Gasteiger partial charge in [0, 0.05) is 17.3 Å². The lowest BCUT2D eigenvalue weighted by molar-refractivity contribution is 0.692. The van der Waals surface area contributed by atoms with E-state index >= 15 is 0 Å². The maximum Gasteiger partial charge on any atom is 0.0346 e. The molecule has 1 saturated carbocycles. The molecule has 2 heteroatoms. The first-order valence-electron chi connectivity index (χ1n) is 5.12. The average Bonchev–Trinajstić information content (AvgIpc) is 2.96. The summed E-state index contributed by atoms with van der Waals surface area (Å²) in [7, 11) is 0. The summed E-state index contributed by atoms with van der Waals surface area (Å²) in [5, 5.41) is 7.26. The van der Waals surface area contributed by atoms with Gasteiger partial charge in [-0.1, -0.05) is 18.2 Å². The van der Waals surface area contributed by atoms with E-state index in [-0.39, 0.29) is 0 Å². The Balaban J connectivity index is 1.87. The first-order valence-corrected chi connectivity index (χ1v) is 6.00. The molecule has 0 aliphatic heterocycles. The highest BCUT2D eigenvalue weighted by Gasteiger charge is 2.20. The molecule has 1 heterocycles. The summed E-state index contributed by atoms with van der Waals surface area (Å²) < 4.78 is 1.40. The van der Waals surface area contributed by atoms with Crippen LogP contribution in [-0.2, 0) is 6.54 Å². The molecule has 3 rings (SSSR count). The third-order valence-electron chi connectivity index (χ3n) is 2.72. The lowest BCUT2D eigenvalue weighted by atomic mass is 10.2. The minimum absolute atomic E-state index is 0.800. The summed E-state index contributed by atoms with van der Waals surface area (Å²) >= 11 is 1.85. The predicted molar refractivity (Wildman–Crippen MR) is 61.7 cm³/mol. The Hall–Kier alpha value is -0.860. The van der Waals surface area contributed by atoms with Gasteiger partial charge in [0.05, 0.1) is 0 Å². The van der Waals surface area contributed by atoms with Gasteiger partial charge in [0.1, 0.15) is 0 Å². The van der Waals surface area contributed by atoms with Gasteiger partial charge in [-0.3, -0.25) is 0 Å². The lowest BCUT2D eigenvalue weighted by Crippen LogP contribution is -2.14. The van der Waals surface area contributed by atoms with Crippen LogP contribution >= 0.6 is 11.3 Å². The monoisotopic (exact) mass is 203 g/mol. The number of thiophene rings is 1. The van der Waals surface area contributed by atoms with Gasteiger partial charge in [-0.2, -0.15) is 0 Å². The van der Waals surface area contributed by atoms with Crippen molar-refractivity contribution in [3.05, 3.63) is 35.2 Å². The van der Waals surface area contributed by atoms with Gasteiger partial charge >= 0.3 is 0 Å². The van der Waals surface area contributed by atoms with Crippen molar-refractivity contribution in [1.29, 1.82) is 0 Å². The molecule has 1 aliphatic carbocycles. The Morgan fingerprint density at radius 2 is 2.14 bits per heavy atom. The van der Waals surface area contributed by atoms with Crippen LogP contribution < -0.4 is 5.32 Å². The summed E-state index contributed by atoms with van der Waals surface area (Å²) in [5.74, 6) is 0. The number of fused-ring (bicyclic) bond motifs is 1. The Labute approximate surface area is 87.8 Å². The quantitative estimate of drug-likeness (QED) is 0.808. The zero-order valence-corrected chi connectivity index (χ0v) is 8.81. The molecule has 0 unspecified atom stereocenters. The molecule has 1 fully saturated rings. The first kappa shape index (κ1) is 8.45. The highest BCUT2D eigenvalue weighted by molar-refractivity contribution is 7.17. The van der Waals surface area contributed by atoms with Crippen molar-refractivity contribution in [2.24, 2.45) is 0 Å². The van der Waals surface area contributed by atoms with Crippen LogP contribution in [0.25, 0.3) is 10.1 Å². The van der Waals surface area contributed by atoms with Gasteiger partial charge < -0.3 is 5.32 Å². The van der Waals surface area contributed by atoms with Gasteiger partial charge in [0.2, 0.25) is 0 Å². The second-order valence-corrected chi connectivity index (χ2v) is 4.82. The maximum absolute atomic E-state index is 3.56. The van der Waals surface area contributed by atoms with Crippen molar-refractivity contribution in [2.45, 2.75) is 25.4 Å². The zero-order chi connectivity index (χ0) is 9.38. The Kier molecular flexibility index (Phi) is 2.03. The van der Waals surface area contributed by atoms with E-state index in [0.29, 0.717) is 0 Å². The first-order chi connectivity index (χ1) is 6.93. The molecular weight excluding hydrogens is 190 g/mol. The van der Waals surface area contributed by atoms with Crippen molar-refractivity contribution in [2.75, 3.05) is 0 Å². The highest BCUT2D eigenvalue weighted by Crippen LogP contribution is 2.26. The Morgan fingerprint density at radius 3 is 3.00 bits per heavy atom. The minimum Gasteiger partial charge on any atom is -0.310 e. The largest absolute Gasteiger partial charge is 0.310 e. The number of benzene rings is 1. The number of nitrogens with one attached hydrogen (secondary N) is 1. The van der Waals surface area contributed by atoms with Crippen LogP contribution in [-0.4, -0.2) is 6.04 Å². The van der Waals surface area contributed by atoms with E-state index in [9.17, 15) is 0 Å². The van der Waals surface area contributed by atoms with Crippen LogP contribution in [0.15, 0.2) is 29.6 Å². The normalized spacial score (nSPS) is 16.3. The van der Waals surface area contributed by atoms with Crippen molar-refractivity contribution in [3.63, 3.8) is 0 Å². The summed E-state index contributed by atoms with van der Waals surface area (Å²) in [6.07, 6.45) is 2.73. The van der Waals surface area contributed by atoms with E-state index in [2.05, 4.69) is 35.0 Å². The van der Waals surface area contributed by atoms with Gasteiger partial charge in [-0.05, 0) is 35.2 Å². The average molecular weight is 203 g/mol. The smallest absolute Gasteiger partial charge is 0.0346 e. The van der Waals surface area contributed by atoms with E-state index in [0.717, 1.165) is 12.6 Å². The fourth-order valence-electron chi connectivity index (χ4n) is 1.71. The van der Waals surface area contributed by atoms with Crippen LogP contribution in [0.5, 0.6) is 0 Å². The van der Waals surface area contributed by atoms with E-state index < -0.39 is 0 Å². The van der Waals surface area contributed by atoms with Gasteiger partial charge in [-0.15, -0.1) is 11.3 Å². The molecule has 0 spiro atoms. The standard InChI is InChI=1S/C12H13NS/c1-2-4-12-11(3-1)9(8-14-12)7-13-10-5-6-10/h1-4,8,10,13H,5-7H2. The predicted octanol–water partition coefficient (Wildman–Crippen LogP) is 3.15. The van der Waals surface area contributed by atoms with Crippen LogP contribution in [0.2, 0.25) is 0 Å². The molecule has 0 atom stereocenters. The Bertz CT molecular complexity index is 442. The molecule has 1 aliphatic rings. The molecule has 1 aromatic heterocycles. The summed E-state index contributed by atoms with van der Waals surface area (Å²) in [5.41, 5.74) is 1.46. The Morgan fingerprint density at radius 1 is 1.29 bits per heavy atom. The lowest BCUT2D eigenvalue weighted by Gasteiger charge is -2.00. The maximum atomic E-state index is 3.56. The van der Waals surface area contributed by atoms with E-state index in [1.807, 2.05) is 11.3 Å². The fourth-order valence-corrected chi connectivity index (χ4v) is 2.67. The molecule has 0 radical (unpaired) electrons. The summed E-state index contributed by atoms with van der Waals surface area (Å²) in [6, 6.07) is 9.44. The van der Waals surface area contributed by atoms with Crippen LogP contribution in [0.3, 0.4) is 0 Å². The van der Waals surface area contributed by atoms with Crippen LogP contribution in [0.4, 0.5) is 0 Å². The van der Waals surface area contributed by atoms with Crippen LogP contribution in [0, 0.1) is 0 Å². The van der Waals surface area contributed by atoms with E-state index in [1.165, 1.54) is 28.5 Å². The molecule has 1 N–H and O–H groups in total. The summed E-state index contributed by atoms with van der Waals surface area (Å²) in [6.45, 7) is 1.04. The third-order valence-corrected chi connectivity index (χ3v) is 3.73. The minimum atomic E-state index is 0.800. The molecule has 1 nitrogen and oxygen atoms in total. The third kappa shape index (κ3) is 1.56. The van der Waals surface area contributed by atoms with E-state index in [4.69, 9.17) is 0 Å². The van der Waals surface area contributed by atoms with E-state index in [1.54, 1.807) is 0 Å². The summed E-state index contributed by atoms with van der Waals surface area (Å²) in [4.78, 5) is 0. The molecule has 0 saturated heterocycles. The topological polar surface area (TPSA) is 12.0 Å². The number of hydrogen-bond donors (Lipinski definition) is 1. The zero-order valence-electron chi connectivity index (χ0n) is 7.99. The molecule has 2 aromatic rings. The number of rotatable bonds is 3. The second kappa shape index (κ2) is 3.37. The number of hydrogen-bond acceptors (Lipinski definition) is 2. The molecule has 1 aromatic carbocycles. The molecular formula is C12H13NS. The fraction of sp³-hybridized carbons (Fsp3) is 0.333. The van der Waals surface area contributed by atoms with Crippen molar-refractivity contribution in [3.8, 4) is 0 Å². The molecule has 0 bridgehead atoms. The van der Waals surface area contributed by atoms with Crippen molar-refractivity contribution in [1.82, 2.24) is 5.32 Å². The van der Waals surface area contributed by atoms with Gasteiger partial charge in [-0.25, -0.2) is 0 Å². The second-order valence-electron chi connectivity index (χ2n) is 3.91. The van der Waals surface area contributed by atoms with Crippen molar-refractivity contribution < 1.29 is 0 Å². The molecule has 14 heavy (non-hydrogen) atoms. The van der Waals surface area contributed by atoms with Crippen LogP contribution in [0.1, 0.15) is 18.4 Å². The van der Waals surface area contributed by atoms with Gasteiger partial charge in [0.25, 0.3) is 0 Å². The molecule has 0 amide bonds. The van der Waals surface area contributed by atoms with Crippen molar-refractivity contribution >= 4 is 21.4 Å².